The fourth-order valence-electron chi connectivity index (χ4n) is 1.38. The first kappa shape index (κ1) is 7.07. The van der Waals surface area contributed by atoms with Gasteiger partial charge < -0.3 is 4.48 Å². The van der Waals surface area contributed by atoms with Gasteiger partial charge in [-0.1, -0.05) is 13.3 Å². The third kappa shape index (κ3) is 1.68. The van der Waals surface area contributed by atoms with Gasteiger partial charge in [-0.05, 0) is 6.42 Å². The smallest absolute Gasteiger partial charge is 0.138 e. The molecule has 1 heteroatoms. The van der Waals surface area contributed by atoms with Crippen molar-refractivity contribution < 1.29 is 4.48 Å². The molecule has 0 aromatic rings. The quantitative estimate of drug-likeness (QED) is 0.400. The highest BCUT2D eigenvalue weighted by Gasteiger charge is 2.45. The Morgan fingerprint density at radius 3 is 2.33 bits per heavy atom. The Bertz CT molecular complexity index is 96.7. The van der Waals surface area contributed by atoms with Gasteiger partial charge in [0.1, 0.15) is 12.6 Å². The summed E-state index contributed by atoms with van der Waals surface area (Å²) in [6.45, 7) is 3.68. The van der Waals surface area contributed by atoms with Crippen molar-refractivity contribution in [3.63, 3.8) is 0 Å². The van der Waals surface area contributed by atoms with Gasteiger partial charge in [0.25, 0.3) is 0 Å². The van der Waals surface area contributed by atoms with E-state index in [1.165, 1.54) is 30.3 Å². The van der Waals surface area contributed by atoms with Gasteiger partial charge in [-0.15, -0.1) is 0 Å². The zero-order valence-electron chi connectivity index (χ0n) is 6.85. The van der Waals surface area contributed by atoms with Crippen LogP contribution in [0.25, 0.3) is 0 Å². The van der Waals surface area contributed by atoms with Gasteiger partial charge in [0, 0.05) is 6.42 Å². The molecule has 1 rings (SSSR count). The molecule has 0 saturated carbocycles. The van der Waals surface area contributed by atoms with Crippen LogP contribution < -0.4 is 0 Å². The Morgan fingerprint density at radius 1 is 1.44 bits per heavy atom. The van der Waals surface area contributed by atoms with Gasteiger partial charge >= 0.3 is 0 Å². The maximum Gasteiger partial charge on any atom is 0.138 e. The predicted molar refractivity (Wildman–Crippen MR) is 40.3 cm³/mol. The van der Waals surface area contributed by atoms with E-state index >= 15 is 0 Å². The van der Waals surface area contributed by atoms with Crippen molar-refractivity contribution in [2.75, 3.05) is 20.6 Å². The zero-order chi connectivity index (χ0) is 6.91. The van der Waals surface area contributed by atoms with E-state index in [0.29, 0.717) is 0 Å². The van der Waals surface area contributed by atoms with E-state index in [9.17, 15) is 0 Å². The van der Waals surface area contributed by atoms with Crippen molar-refractivity contribution >= 4 is 0 Å². The normalized spacial score (nSPS) is 30.3. The third-order valence-electron chi connectivity index (χ3n) is 2.43. The first-order chi connectivity index (χ1) is 4.17. The van der Waals surface area contributed by atoms with E-state index in [0.717, 1.165) is 6.04 Å². The summed E-state index contributed by atoms with van der Waals surface area (Å²) >= 11 is 0. The second-order valence-electron chi connectivity index (χ2n) is 3.76. The molecular formula is C8H18N+. The van der Waals surface area contributed by atoms with Crippen molar-refractivity contribution in [2.45, 2.75) is 32.2 Å². The average molecular weight is 128 g/mol. The van der Waals surface area contributed by atoms with Crippen LogP contribution in [0.1, 0.15) is 26.2 Å². The van der Waals surface area contributed by atoms with Crippen molar-refractivity contribution in [1.29, 1.82) is 0 Å². The average Bonchev–Trinajstić information content (AvgIpc) is 2.35. The van der Waals surface area contributed by atoms with Crippen LogP contribution in [0, 0.1) is 0 Å². The summed E-state index contributed by atoms with van der Waals surface area (Å²) in [4.78, 5) is 0. The van der Waals surface area contributed by atoms with Crippen LogP contribution in [0.3, 0.4) is 0 Å². The monoisotopic (exact) mass is 128 g/mol. The molecule has 1 heterocycles. The van der Waals surface area contributed by atoms with E-state index in [2.05, 4.69) is 21.0 Å². The summed E-state index contributed by atoms with van der Waals surface area (Å²) in [7, 11) is 4.64. The van der Waals surface area contributed by atoms with E-state index in [4.69, 9.17) is 0 Å². The number of quaternary nitrogens is 1. The number of hydrogen-bond donors (Lipinski definition) is 0. The summed E-state index contributed by atoms with van der Waals surface area (Å²) in [6, 6.07) is 1.00. The van der Waals surface area contributed by atoms with E-state index in [1.807, 2.05) is 0 Å². The standard InChI is InChI=1S/C8H18N/c1-4-5-6-8-7-9(8,2)3/h8H,4-7H2,1-3H3/q+1. The molecule has 9 heavy (non-hydrogen) atoms. The van der Waals surface area contributed by atoms with Crippen LogP contribution in [-0.4, -0.2) is 31.2 Å². The molecule has 1 aliphatic rings. The molecule has 0 bridgehead atoms. The summed E-state index contributed by atoms with van der Waals surface area (Å²) in [5.74, 6) is 0. The Kier molecular flexibility index (Phi) is 1.80. The zero-order valence-corrected chi connectivity index (χ0v) is 6.85. The van der Waals surface area contributed by atoms with Crippen molar-refractivity contribution in [3.05, 3.63) is 0 Å². The van der Waals surface area contributed by atoms with Crippen LogP contribution in [0.15, 0.2) is 0 Å². The Balaban J connectivity index is 2.06. The van der Waals surface area contributed by atoms with Crippen LogP contribution >= 0.6 is 0 Å². The van der Waals surface area contributed by atoms with Crippen LogP contribution in [0.2, 0.25) is 0 Å². The highest BCUT2D eigenvalue weighted by molar-refractivity contribution is 4.69. The molecular weight excluding hydrogens is 110 g/mol. The highest BCUT2D eigenvalue weighted by Crippen LogP contribution is 2.28. The minimum atomic E-state index is 1.00. The molecule has 54 valence electrons. The second-order valence-corrected chi connectivity index (χ2v) is 3.76. The summed E-state index contributed by atoms with van der Waals surface area (Å²) in [6.07, 6.45) is 4.23. The summed E-state index contributed by atoms with van der Waals surface area (Å²) < 4.78 is 1.28. The maximum atomic E-state index is 2.32. The molecule has 1 fully saturated rings. The fourth-order valence-corrected chi connectivity index (χ4v) is 1.38. The predicted octanol–water partition coefficient (Wildman–Crippen LogP) is 1.64. The first-order valence-corrected chi connectivity index (χ1v) is 3.99. The largest absolute Gasteiger partial charge is 0.316 e. The lowest BCUT2D eigenvalue weighted by Gasteiger charge is -2.04. The number of rotatable bonds is 3. The van der Waals surface area contributed by atoms with E-state index < -0.39 is 0 Å². The molecule has 0 N–H and O–H groups in total. The fraction of sp³-hybridized carbons (Fsp3) is 1.00. The lowest BCUT2D eigenvalue weighted by atomic mass is 10.2. The van der Waals surface area contributed by atoms with Gasteiger partial charge in [0.05, 0.1) is 14.1 Å². The Labute approximate surface area is 58.3 Å². The molecule has 1 saturated heterocycles. The van der Waals surface area contributed by atoms with Gasteiger partial charge in [-0.3, -0.25) is 0 Å². The van der Waals surface area contributed by atoms with Crippen LogP contribution in [0.5, 0.6) is 0 Å². The SMILES string of the molecule is CCCCC1C[N+]1(C)C. The number of hydrogen-bond acceptors (Lipinski definition) is 0. The molecule has 0 aliphatic carbocycles. The third-order valence-corrected chi connectivity index (χ3v) is 2.43. The molecule has 0 amide bonds. The minimum absolute atomic E-state index is 1.00. The van der Waals surface area contributed by atoms with Crippen LogP contribution in [-0.2, 0) is 0 Å². The molecule has 0 spiro atoms. The lowest BCUT2D eigenvalue weighted by molar-refractivity contribution is -0.769. The minimum Gasteiger partial charge on any atom is -0.316 e. The molecule has 0 aromatic carbocycles. The maximum absolute atomic E-state index is 2.32. The molecule has 1 nitrogen and oxygen atoms in total. The van der Waals surface area contributed by atoms with Crippen molar-refractivity contribution in [2.24, 2.45) is 0 Å². The van der Waals surface area contributed by atoms with Gasteiger partial charge in [-0.25, -0.2) is 0 Å². The number of likely N-dealkylation sites (N-methyl/N-ethyl adjacent to an activating group) is 1. The summed E-state index contributed by atoms with van der Waals surface area (Å²) in [5.41, 5.74) is 0. The van der Waals surface area contributed by atoms with Gasteiger partial charge in [0.2, 0.25) is 0 Å². The van der Waals surface area contributed by atoms with Crippen molar-refractivity contribution in [3.8, 4) is 0 Å². The Morgan fingerprint density at radius 2 is 2.00 bits per heavy atom. The first-order valence-electron chi connectivity index (χ1n) is 3.99. The number of nitrogens with zero attached hydrogens (tertiary/aromatic N) is 1. The molecule has 0 aromatic heterocycles. The van der Waals surface area contributed by atoms with Crippen LogP contribution in [0.4, 0.5) is 0 Å². The lowest BCUT2D eigenvalue weighted by Crippen LogP contribution is -2.15. The van der Waals surface area contributed by atoms with E-state index in [1.54, 1.807) is 0 Å². The Hall–Kier alpha value is -0.0400. The highest BCUT2D eigenvalue weighted by atomic mass is 15.5. The topological polar surface area (TPSA) is 0 Å². The van der Waals surface area contributed by atoms with Gasteiger partial charge in [-0.2, -0.15) is 0 Å². The molecule has 1 unspecified atom stereocenters. The second kappa shape index (κ2) is 2.30. The molecule has 0 radical (unpaired) electrons. The number of unbranched alkanes of at least 4 members (excludes halogenated alkanes) is 1. The van der Waals surface area contributed by atoms with Crippen molar-refractivity contribution in [1.82, 2.24) is 0 Å². The summed E-state index contributed by atoms with van der Waals surface area (Å²) in [5, 5.41) is 0. The van der Waals surface area contributed by atoms with Gasteiger partial charge in [0.15, 0.2) is 0 Å². The van der Waals surface area contributed by atoms with E-state index in [-0.39, 0.29) is 0 Å². The molecule has 1 atom stereocenters. The molecule has 1 aliphatic heterocycles.